The van der Waals surface area contributed by atoms with Gasteiger partial charge in [0.1, 0.15) is 11.6 Å². The van der Waals surface area contributed by atoms with Crippen molar-refractivity contribution in [3.63, 3.8) is 0 Å². The first kappa shape index (κ1) is 20.2. The van der Waals surface area contributed by atoms with Crippen molar-refractivity contribution in [2.45, 2.75) is 11.8 Å². The molecule has 0 bridgehead atoms. The fraction of sp³-hybridized carbons (Fsp3) is 0.0476. The van der Waals surface area contributed by atoms with Crippen LogP contribution < -0.4 is 9.57 Å². The molecule has 0 atom stereocenters. The Morgan fingerprint density at radius 2 is 1.66 bits per heavy atom. The molecule has 1 N–H and O–H groups in total. The summed E-state index contributed by atoms with van der Waals surface area (Å²) in [6, 6.07) is 18.0. The molecule has 0 aliphatic rings. The third-order valence-corrected chi connectivity index (χ3v) is 5.14. The number of carbonyl (C=O) groups excluding carboxylic acids is 1. The first-order valence-electron chi connectivity index (χ1n) is 8.53. The quantitative estimate of drug-likeness (QED) is 0.290. The Morgan fingerprint density at radius 1 is 1.00 bits per heavy atom. The summed E-state index contributed by atoms with van der Waals surface area (Å²) in [6.07, 6.45) is 1.31. The summed E-state index contributed by atoms with van der Waals surface area (Å²) >= 11 is 0. The minimum Gasteiger partial charge on any atom is -0.423 e. The van der Waals surface area contributed by atoms with Crippen molar-refractivity contribution >= 4 is 22.2 Å². The smallest absolute Gasteiger partial charge is 0.346 e. The molecule has 0 saturated heterocycles. The highest BCUT2D eigenvalue weighted by Crippen LogP contribution is 2.15. The summed E-state index contributed by atoms with van der Waals surface area (Å²) in [6.45, 7) is 1.86. The Morgan fingerprint density at radius 3 is 2.31 bits per heavy atom. The Labute approximate surface area is 167 Å². The zero-order valence-corrected chi connectivity index (χ0v) is 16.2. The number of aryl methyl sites for hydroxylation is 1. The maximum Gasteiger partial charge on any atom is 0.346 e. The number of nitrogens with zero attached hydrogens (tertiary/aromatic N) is 1. The van der Waals surface area contributed by atoms with Crippen LogP contribution in [0.25, 0.3) is 0 Å². The van der Waals surface area contributed by atoms with Gasteiger partial charge < -0.3 is 4.74 Å². The van der Waals surface area contributed by atoms with Crippen LogP contribution in [0, 0.1) is 12.7 Å². The fourth-order valence-electron chi connectivity index (χ4n) is 2.35. The number of hydrazone groups is 1. The molecular weight excluding hydrogens is 395 g/mol. The molecule has 0 saturated carbocycles. The van der Waals surface area contributed by atoms with Crippen molar-refractivity contribution in [3.8, 4) is 5.75 Å². The number of benzene rings is 3. The first-order valence-corrected chi connectivity index (χ1v) is 10.0. The van der Waals surface area contributed by atoms with Gasteiger partial charge in [-0.2, -0.15) is 13.5 Å². The zero-order valence-electron chi connectivity index (χ0n) is 15.4. The number of carbonyl (C=O) groups is 1. The van der Waals surface area contributed by atoms with Gasteiger partial charge in [0.15, 0.2) is 0 Å². The van der Waals surface area contributed by atoms with Crippen molar-refractivity contribution in [2.75, 3.05) is 0 Å². The molecule has 0 aliphatic carbocycles. The molecular formula is C21H17FN2O4S. The lowest BCUT2D eigenvalue weighted by Gasteiger charge is -2.05. The van der Waals surface area contributed by atoms with Gasteiger partial charge in [-0.3, -0.25) is 0 Å². The van der Waals surface area contributed by atoms with Crippen LogP contribution in [-0.2, 0) is 10.0 Å². The maximum absolute atomic E-state index is 13.6. The van der Waals surface area contributed by atoms with E-state index < -0.39 is 21.8 Å². The molecule has 0 radical (unpaired) electrons. The molecule has 3 aromatic rings. The number of nitrogens with one attached hydrogen (secondary N) is 1. The summed E-state index contributed by atoms with van der Waals surface area (Å²) < 4.78 is 43.1. The highest BCUT2D eigenvalue weighted by molar-refractivity contribution is 7.89. The summed E-state index contributed by atoms with van der Waals surface area (Å²) in [5.41, 5.74) is 1.36. The number of ether oxygens (including phenoxy) is 1. The van der Waals surface area contributed by atoms with Gasteiger partial charge in [-0.1, -0.05) is 29.8 Å². The molecule has 6 nitrogen and oxygen atoms in total. The average Bonchev–Trinajstić information content (AvgIpc) is 2.70. The lowest BCUT2D eigenvalue weighted by molar-refractivity contribution is 0.0730. The van der Waals surface area contributed by atoms with Crippen LogP contribution in [0.2, 0.25) is 0 Å². The van der Waals surface area contributed by atoms with Gasteiger partial charge in [-0.25, -0.2) is 14.0 Å². The topological polar surface area (TPSA) is 84.8 Å². The van der Waals surface area contributed by atoms with E-state index in [-0.39, 0.29) is 16.2 Å². The number of halogens is 1. The third kappa shape index (κ3) is 5.26. The largest absolute Gasteiger partial charge is 0.423 e. The SMILES string of the molecule is Cc1ccc(S(=O)(=O)NN=Cc2ccc(OC(=O)c3ccccc3F)cc2)cc1. The highest BCUT2D eigenvalue weighted by atomic mass is 32.2. The molecule has 0 fully saturated rings. The molecule has 0 heterocycles. The van der Waals surface area contributed by atoms with Gasteiger partial charge in [0.2, 0.25) is 0 Å². The van der Waals surface area contributed by atoms with Crippen molar-refractivity contribution in [2.24, 2.45) is 5.10 Å². The lowest BCUT2D eigenvalue weighted by atomic mass is 10.2. The van der Waals surface area contributed by atoms with Crippen LogP contribution in [0.3, 0.4) is 0 Å². The monoisotopic (exact) mass is 412 g/mol. The number of hydrogen-bond acceptors (Lipinski definition) is 5. The van der Waals surface area contributed by atoms with E-state index in [9.17, 15) is 17.6 Å². The predicted octanol–water partition coefficient (Wildman–Crippen LogP) is 3.67. The van der Waals surface area contributed by atoms with E-state index in [2.05, 4.69) is 9.93 Å². The minimum absolute atomic E-state index is 0.107. The van der Waals surface area contributed by atoms with E-state index >= 15 is 0 Å². The standard InChI is InChI=1S/C21H17FN2O4S/c1-15-6-12-18(13-7-15)29(26,27)24-23-14-16-8-10-17(11-9-16)28-21(25)19-4-2-3-5-20(19)22/h2-14,24H,1H3. The molecule has 3 aromatic carbocycles. The molecule has 0 unspecified atom stereocenters. The summed E-state index contributed by atoms with van der Waals surface area (Å²) in [4.78, 5) is 14.2. The highest BCUT2D eigenvalue weighted by Gasteiger charge is 2.13. The van der Waals surface area contributed by atoms with Crippen molar-refractivity contribution in [1.82, 2.24) is 4.83 Å². The third-order valence-electron chi connectivity index (χ3n) is 3.90. The normalized spacial score (nSPS) is 11.4. The maximum atomic E-state index is 13.6. The van der Waals surface area contributed by atoms with Crippen LogP contribution in [-0.4, -0.2) is 20.6 Å². The van der Waals surface area contributed by atoms with E-state index in [0.29, 0.717) is 5.56 Å². The number of rotatable bonds is 6. The molecule has 0 spiro atoms. The van der Waals surface area contributed by atoms with Gasteiger partial charge in [0.25, 0.3) is 10.0 Å². The Bertz CT molecular complexity index is 1140. The Hall–Kier alpha value is -3.52. The van der Waals surface area contributed by atoms with Gasteiger partial charge in [0, 0.05) is 0 Å². The molecule has 0 aliphatic heterocycles. The second-order valence-electron chi connectivity index (χ2n) is 6.10. The summed E-state index contributed by atoms with van der Waals surface area (Å²) in [5.74, 6) is -1.26. The molecule has 0 aromatic heterocycles. The van der Waals surface area contributed by atoms with Crippen LogP contribution in [0.15, 0.2) is 82.8 Å². The van der Waals surface area contributed by atoms with Gasteiger partial charge in [0.05, 0.1) is 16.7 Å². The van der Waals surface area contributed by atoms with Crippen LogP contribution in [0.1, 0.15) is 21.5 Å². The van der Waals surface area contributed by atoms with Gasteiger partial charge >= 0.3 is 5.97 Å². The van der Waals surface area contributed by atoms with Crippen LogP contribution in [0.4, 0.5) is 4.39 Å². The van der Waals surface area contributed by atoms with E-state index in [0.717, 1.165) is 5.56 Å². The molecule has 148 valence electrons. The summed E-state index contributed by atoms with van der Waals surface area (Å²) in [5, 5.41) is 3.74. The minimum atomic E-state index is -3.76. The second-order valence-corrected chi connectivity index (χ2v) is 7.77. The molecule has 0 amide bonds. The van der Waals surface area contributed by atoms with E-state index in [1.807, 2.05) is 6.92 Å². The van der Waals surface area contributed by atoms with Crippen LogP contribution >= 0.6 is 0 Å². The van der Waals surface area contributed by atoms with Gasteiger partial charge in [-0.15, -0.1) is 0 Å². The van der Waals surface area contributed by atoms with E-state index in [1.165, 1.54) is 54.7 Å². The predicted molar refractivity (Wildman–Crippen MR) is 107 cm³/mol. The Kier molecular flexibility index (Phi) is 6.04. The van der Waals surface area contributed by atoms with Crippen molar-refractivity contribution < 1.29 is 22.3 Å². The second kappa shape index (κ2) is 8.66. The summed E-state index contributed by atoms with van der Waals surface area (Å²) in [7, 11) is -3.76. The van der Waals surface area contributed by atoms with Crippen molar-refractivity contribution in [1.29, 1.82) is 0 Å². The molecule has 8 heteroatoms. The Balaban J connectivity index is 1.62. The van der Waals surface area contributed by atoms with E-state index in [4.69, 9.17) is 4.74 Å². The first-order chi connectivity index (χ1) is 13.8. The van der Waals surface area contributed by atoms with Crippen molar-refractivity contribution in [3.05, 3.63) is 95.3 Å². The zero-order chi connectivity index (χ0) is 20.9. The number of esters is 1. The van der Waals surface area contributed by atoms with Crippen LogP contribution in [0.5, 0.6) is 5.75 Å². The molecule has 3 rings (SSSR count). The van der Waals surface area contributed by atoms with Gasteiger partial charge in [-0.05, 0) is 61.0 Å². The fourth-order valence-corrected chi connectivity index (χ4v) is 3.14. The number of hydrogen-bond donors (Lipinski definition) is 1. The van der Waals surface area contributed by atoms with E-state index in [1.54, 1.807) is 24.3 Å². The lowest BCUT2D eigenvalue weighted by Crippen LogP contribution is -2.18. The molecule has 29 heavy (non-hydrogen) atoms. The number of sulfonamides is 1. The average molecular weight is 412 g/mol.